The molecule has 2 N–H and O–H groups in total. The highest BCUT2D eigenvalue weighted by Crippen LogP contribution is 2.24. The molecule has 0 saturated carbocycles. The Morgan fingerprint density at radius 1 is 1.08 bits per heavy atom. The summed E-state index contributed by atoms with van der Waals surface area (Å²) in [6.45, 7) is 1.70. The topological polar surface area (TPSA) is 149 Å². The van der Waals surface area contributed by atoms with Crippen LogP contribution in [0.25, 0.3) is 22.4 Å². The number of carbonyl (C=O) groups excluding carboxylic acids is 1. The van der Waals surface area contributed by atoms with Gasteiger partial charge in [-0.25, -0.2) is 18.6 Å². The van der Waals surface area contributed by atoms with Gasteiger partial charge in [0, 0.05) is 36.8 Å². The van der Waals surface area contributed by atoms with Crippen LogP contribution in [0.1, 0.15) is 19.0 Å². The Morgan fingerprint density at radius 2 is 1.81 bits per heavy atom. The van der Waals surface area contributed by atoms with Crippen molar-refractivity contribution < 1.29 is 18.4 Å². The lowest BCUT2D eigenvalue weighted by Crippen LogP contribution is -2.49. The lowest BCUT2D eigenvalue weighted by Gasteiger charge is -2.25. The number of nitrogens with zero attached hydrogens (tertiary/aromatic N) is 5. The zero-order valence-corrected chi connectivity index (χ0v) is 21.1. The molecule has 1 unspecified atom stereocenters. The molecule has 4 aromatic rings. The maximum atomic E-state index is 12.7. The van der Waals surface area contributed by atoms with E-state index in [1.54, 1.807) is 23.1 Å². The van der Waals surface area contributed by atoms with Crippen molar-refractivity contribution in [3.8, 4) is 22.4 Å². The van der Waals surface area contributed by atoms with Crippen LogP contribution in [0, 0.1) is 0 Å². The van der Waals surface area contributed by atoms with Gasteiger partial charge in [0.05, 0.1) is 18.4 Å². The van der Waals surface area contributed by atoms with Crippen molar-refractivity contribution in [1.29, 1.82) is 0 Å². The molecular weight excluding hydrogens is 496 g/mol. The number of nitrogens with one attached hydrogen (secondary N) is 1. The maximum absolute atomic E-state index is 12.7. The molecule has 0 spiro atoms. The molecule has 12 heteroatoms. The first kappa shape index (κ1) is 25.9. The van der Waals surface area contributed by atoms with Gasteiger partial charge in [-0.05, 0) is 42.7 Å². The summed E-state index contributed by atoms with van der Waals surface area (Å²) in [5, 5.41) is 17.4. The summed E-state index contributed by atoms with van der Waals surface area (Å²) in [7, 11) is -3.85. The van der Waals surface area contributed by atoms with Crippen LogP contribution < -0.4 is 11.0 Å². The average molecular weight is 523 g/mol. The van der Waals surface area contributed by atoms with Gasteiger partial charge in [0.25, 0.3) is 11.5 Å². The van der Waals surface area contributed by atoms with Crippen molar-refractivity contribution in [2.75, 3.05) is 6.26 Å². The number of pyridine rings is 2. The summed E-state index contributed by atoms with van der Waals surface area (Å²) in [5.41, 5.74) is 5.01. The fraction of sp³-hybridized carbons (Fsp3) is 0.240. The number of benzene rings is 1. The lowest BCUT2D eigenvalue weighted by atomic mass is 10.0. The molecule has 192 valence electrons. The SMILES string of the molecule is CC(CCn1ccc(-c2ccc(-c3cn(Cc4ccccn4)nn3)cc2)cc1=O)(C(=O)NO)S(C)(=O)=O. The smallest absolute Gasteiger partial charge is 0.264 e. The fourth-order valence-corrected chi connectivity index (χ4v) is 4.63. The van der Waals surface area contributed by atoms with Crippen molar-refractivity contribution in [2.24, 2.45) is 0 Å². The second kappa shape index (κ2) is 10.4. The number of aryl methyl sites for hydroxylation is 1. The van der Waals surface area contributed by atoms with Crippen LogP contribution in [0.2, 0.25) is 0 Å². The third-order valence-electron chi connectivity index (χ3n) is 6.33. The molecule has 0 fully saturated rings. The first-order valence-electron chi connectivity index (χ1n) is 11.4. The Kier molecular flexibility index (Phi) is 7.32. The van der Waals surface area contributed by atoms with Gasteiger partial charge < -0.3 is 4.57 Å². The minimum Gasteiger partial charge on any atom is -0.315 e. The molecular formula is C25H26N6O5S. The number of hydrogen-bond acceptors (Lipinski definition) is 8. The Labute approximate surface area is 213 Å². The number of rotatable bonds is 9. The van der Waals surface area contributed by atoms with Gasteiger partial charge in [-0.3, -0.25) is 19.8 Å². The second-order valence-electron chi connectivity index (χ2n) is 8.84. The van der Waals surface area contributed by atoms with Crippen LogP contribution in [0.3, 0.4) is 0 Å². The van der Waals surface area contributed by atoms with Crippen molar-refractivity contribution in [3.63, 3.8) is 0 Å². The number of carbonyl (C=O) groups is 1. The van der Waals surface area contributed by atoms with E-state index in [9.17, 15) is 18.0 Å². The van der Waals surface area contributed by atoms with E-state index >= 15 is 0 Å². The molecule has 0 radical (unpaired) electrons. The number of hydrogen-bond donors (Lipinski definition) is 2. The molecule has 0 saturated heterocycles. The van der Waals surface area contributed by atoms with Crippen LogP contribution in [-0.2, 0) is 27.7 Å². The van der Waals surface area contributed by atoms with Crippen molar-refractivity contribution in [1.82, 2.24) is 30.0 Å². The quantitative estimate of drug-likeness (QED) is 0.250. The lowest BCUT2D eigenvalue weighted by molar-refractivity contribution is -0.131. The van der Waals surface area contributed by atoms with Crippen LogP contribution in [0.4, 0.5) is 0 Å². The second-order valence-corrected chi connectivity index (χ2v) is 11.3. The molecule has 1 amide bonds. The summed E-state index contributed by atoms with van der Waals surface area (Å²) in [6, 6.07) is 16.4. The largest absolute Gasteiger partial charge is 0.315 e. The monoisotopic (exact) mass is 522 g/mol. The van der Waals surface area contributed by atoms with Gasteiger partial charge >= 0.3 is 0 Å². The molecule has 11 nitrogen and oxygen atoms in total. The number of hydroxylamine groups is 1. The summed E-state index contributed by atoms with van der Waals surface area (Å²) in [5.74, 6) is -1.04. The average Bonchev–Trinajstić information content (AvgIpc) is 3.35. The summed E-state index contributed by atoms with van der Waals surface area (Å²) >= 11 is 0. The zero-order chi connectivity index (χ0) is 26.6. The first-order chi connectivity index (χ1) is 17.6. The van der Waals surface area contributed by atoms with Crippen molar-refractivity contribution in [3.05, 3.63) is 89.2 Å². The normalized spacial score (nSPS) is 13.2. The van der Waals surface area contributed by atoms with Crippen molar-refractivity contribution >= 4 is 15.7 Å². The first-order valence-corrected chi connectivity index (χ1v) is 13.3. The molecule has 0 aliphatic rings. The molecule has 0 aliphatic heterocycles. The molecule has 4 rings (SSSR count). The molecule has 3 aromatic heterocycles. The molecule has 0 aliphatic carbocycles. The van der Waals surface area contributed by atoms with E-state index in [0.29, 0.717) is 17.8 Å². The molecule has 3 heterocycles. The van der Waals surface area contributed by atoms with Gasteiger partial charge in [-0.15, -0.1) is 5.10 Å². The van der Waals surface area contributed by atoms with E-state index < -0.39 is 20.5 Å². The Balaban J connectivity index is 1.47. The summed E-state index contributed by atoms with van der Waals surface area (Å²) in [6.07, 6.45) is 5.85. The Bertz CT molecular complexity index is 1570. The van der Waals surface area contributed by atoms with Crippen molar-refractivity contribution in [2.45, 2.75) is 31.2 Å². The van der Waals surface area contributed by atoms with Gasteiger partial charge in [-0.2, -0.15) is 0 Å². The minimum atomic E-state index is -3.85. The van der Waals surface area contributed by atoms with E-state index in [4.69, 9.17) is 5.21 Å². The highest BCUT2D eigenvalue weighted by Gasteiger charge is 2.43. The van der Waals surface area contributed by atoms with Crippen LogP contribution in [0.15, 0.2) is 78.0 Å². The van der Waals surface area contributed by atoms with Gasteiger partial charge in [0.2, 0.25) is 0 Å². The third kappa shape index (κ3) is 5.65. The van der Waals surface area contributed by atoms with Crippen LogP contribution in [0.5, 0.6) is 0 Å². The van der Waals surface area contributed by atoms with E-state index in [0.717, 1.165) is 23.1 Å². The Morgan fingerprint density at radius 3 is 2.43 bits per heavy atom. The highest BCUT2D eigenvalue weighted by atomic mass is 32.2. The van der Waals surface area contributed by atoms with E-state index in [1.807, 2.05) is 48.7 Å². The van der Waals surface area contributed by atoms with E-state index in [-0.39, 0.29) is 18.5 Å². The fourth-order valence-electron chi connectivity index (χ4n) is 3.79. The third-order valence-corrected chi connectivity index (χ3v) is 8.36. The van der Waals surface area contributed by atoms with Gasteiger partial charge in [-0.1, -0.05) is 35.5 Å². The molecule has 1 aromatic carbocycles. The standard InChI is InChI=1S/C25H26N6O5S/c1-25(24(33)28-34,37(2,35)36)11-14-30-13-10-20(15-23(30)32)18-6-8-19(9-7-18)22-17-31(29-27-22)16-21-5-3-4-12-26-21/h3-10,12-13,15,17,34H,11,14,16H2,1-2H3,(H,28,33). The van der Waals surface area contributed by atoms with Crippen LogP contribution >= 0.6 is 0 Å². The van der Waals surface area contributed by atoms with Crippen LogP contribution in [-0.4, -0.2) is 55.1 Å². The highest BCUT2D eigenvalue weighted by molar-refractivity contribution is 7.92. The van der Waals surface area contributed by atoms with Gasteiger partial charge in [0.15, 0.2) is 14.6 Å². The molecule has 1 atom stereocenters. The predicted octanol–water partition coefficient (Wildman–Crippen LogP) is 1.92. The van der Waals surface area contributed by atoms with E-state index in [1.165, 1.54) is 23.0 Å². The summed E-state index contributed by atoms with van der Waals surface area (Å²) in [4.78, 5) is 29.0. The molecule has 37 heavy (non-hydrogen) atoms. The summed E-state index contributed by atoms with van der Waals surface area (Å²) < 4.78 is 25.4. The minimum absolute atomic E-state index is 0.0246. The number of aromatic nitrogens is 5. The number of sulfone groups is 1. The Hall–Kier alpha value is -4.16. The van der Waals surface area contributed by atoms with Gasteiger partial charge in [0.1, 0.15) is 5.69 Å². The van der Waals surface area contributed by atoms with E-state index in [2.05, 4.69) is 15.3 Å². The predicted molar refractivity (Wildman–Crippen MR) is 136 cm³/mol. The molecule has 0 bridgehead atoms. The maximum Gasteiger partial charge on any atom is 0.264 e. The number of amides is 1. The zero-order valence-electron chi connectivity index (χ0n) is 20.3.